The van der Waals surface area contributed by atoms with E-state index in [4.69, 9.17) is 0 Å². The highest BCUT2D eigenvalue weighted by Gasteiger charge is 2.31. The first-order chi connectivity index (χ1) is 10.6. The van der Waals surface area contributed by atoms with Crippen LogP contribution < -0.4 is 5.32 Å². The first-order valence-corrected chi connectivity index (χ1v) is 8.93. The lowest BCUT2D eigenvalue weighted by atomic mass is 9.93. The number of amides is 3. The Morgan fingerprint density at radius 2 is 1.82 bits per heavy atom. The van der Waals surface area contributed by atoms with Crippen molar-refractivity contribution in [2.24, 2.45) is 11.8 Å². The molecule has 0 radical (unpaired) electrons. The number of nitrogens with one attached hydrogen (secondary N) is 1. The van der Waals surface area contributed by atoms with Gasteiger partial charge in [-0.25, -0.2) is 4.79 Å². The number of nitrogens with zero attached hydrogens (tertiary/aromatic N) is 2. The minimum absolute atomic E-state index is 0.0333. The van der Waals surface area contributed by atoms with E-state index in [1.807, 2.05) is 4.90 Å². The van der Waals surface area contributed by atoms with Crippen LogP contribution >= 0.6 is 0 Å². The predicted octanol–water partition coefficient (Wildman–Crippen LogP) is 2.47. The molecule has 0 saturated carbocycles. The minimum Gasteiger partial charge on any atom is -0.342 e. The van der Waals surface area contributed by atoms with Gasteiger partial charge in [0, 0.05) is 38.6 Å². The Morgan fingerprint density at radius 3 is 2.45 bits per heavy atom. The van der Waals surface area contributed by atoms with E-state index in [0.717, 1.165) is 51.7 Å². The van der Waals surface area contributed by atoms with Crippen molar-refractivity contribution in [1.82, 2.24) is 15.1 Å². The van der Waals surface area contributed by atoms with Gasteiger partial charge in [-0.2, -0.15) is 0 Å². The van der Waals surface area contributed by atoms with Crippen LogP contribution in [0.4, 0.5) is 4.79 Å². The van der Waals surface area contributed by atoms with Crippen LogP contribution in [-0.4, -0.2) is 54.5 Å². The van der Waals surface area contributed by atoms with E-state index < -0.39 is 0 Å². The Bertz CT molecular complexity index is 378. The molecule has 5 heteroatoms. The van der Waals surface area contributed by atoms with Gasteiger partial charge >= 0.3 is 6.03 Å². The summed E-state index contributed by atoms with van der Waals surface area (Å²) in [4.78, 5) is 28.5. The Kier molecular flexibility index (Phi) is 6.52. The number of urea groups is 1. The number of unbranched alkanes of at least 4 members (excludes halogenated alkanes) is 1. The summed E-state index contributed by atoms with van der Waals surface area (Å²) in [5.41, 5.74) is 0. The van der Waals surface area contributed by atoms with Crippen molar-refractivity contribution >= 4 is 11.9 Å². The van der Waals surface area contributed by atoms with Crippen molar-refractivity contribution < 1.29 is 9.59 Å². The average Bonchev–Trinajstić information content (AvgIpc) is 2.54. The molecule has 5 nitrogen and oxygen atoms in total. The van der Waals surface area contributed by atoms with Gasteiger partial charge in [-0.05, 0) is 38.0 Å². The van der Waals surface area contributed by atoms with Crippen LogP contribution in [0.1, 0.15) is 52.4 Å². The highest BCUT2D eigenvalue weighted by atomic mass is 16.2. The molecule has 22 heavy (non-hydrogen) atoms. The molecule has 3 amide bonds. The number of carbonyl (C=O) groups is 2. The van der Waals surface area contributed by atoms with Crippen molar-refractivity contribution in [3.05, 3.63) is 0 Å². The third-order valence-electron chi connectivity index (χ3n) is 4.91. The molecule has 2 fully saturated rings. The number of hydrogen-bond donors (Lipinski definition) is 1. The van der Waals surface area contributed by atoms with Crippen LogP contribution in [0.3, 0.4) is 0 Å². The Labute approximate surface area is 134 Å². The van der Waals surface area contributed by atoms with Gasteiger partial charge in [-0.3, -0.25) is 4.79 Å². The van der Waals surface area contributed by atoms with Crippen LogP contribution in [0, 0.1) is 11.8 Å². The van der Waals surface area contributed by atoms with Crippen LogP contribution in [0.5, 0.6) is 0 Å². The first kappa shape index (κ1) is 17.1. The molecule has 0 aliphatic carbocycles. The zero-order valence-electron chi connectivity index (χ0n) is 14.1. The monoisotopic (exact) mass is 309 g/mol. The number of piperidine rings is 2. The van der Waals surface area contributed by atoms with Crippen molar-refractivity contribution in [3.63, 3.8) is 0 Å². The number of hydrogen-bond acceptors (Lipinski definition) is 2. The molecule has 2 rings (SSSR count). The molecule has 2 heterocycles. The molecule has 0 aromatic carbocycles. The molecule has 0 bridgehead atoms. The molecular weight excluding hydrogens is 278 g/mol. The van der Waals surface area contributed by atoms with Crippen LogP contribution in [-0.2, 0) is 4.79 Å². The number of rotatable bonds is 4. The summed E-state index contributed by atoms with van der Waals surface area (Å²) in [6, 6.07) is 0.0333. The smallest absolute Gasteiger partial charge is 0.317 e. The van der Waals surface area contributed by atoms with E-state index >= 15 is 0 Å². The lowest BCUT2D eigenvalue weighted by Crippen LogP contribution is -2.49. The molecule has 1 atom stereocenters. The van der Waals surface area contributed by atoms with Gasteiger partial charge in [-0.15, -0.1) is 0 Å². The Morgan fingerprint density at radius 1 is 1.09 bits per heavy atom. The second-order valence-electron chi connectivity index (χ2n) is 6.88. The fraction of sp³-hybridized carbons (Fsp3) is 0.882. The van der Waals surface area contributed by atoms with E-state index in [1.165, 1.54) is 6.42 Å². The molecule has 2 saturated heterocycles. The summed E-state index contributed by atoms with van der Waals surface area (Å²) < 4.78 is 0. The number of carbonyl (C=O) groups excluding carboxylic acids is 2. The summed E-state index contributed by atoms with van der Waals surface area (Å²) in [6.07, 6.45) is 6.10. The Hall–Kier alpha value is -1.26. The van der Waals surface area contributed by atoms with Gasteiger partial charge in [0.1, 0.15) is 0 Å². The third-order valence-corrected chi connectivity index (χ3v) is 4.91. The van der Waals surface area contributed by atoms with E-state index in [-0.39, 0.29) is 11.9 Å². The molecule has 0 aromatic rings. The molecule has 126 valence electrons. The topological polar surface area (TPSA) is 52.7 Å². The lowest BCUT2D eigenvalue weighted by Gasteiger charge is -2.37. The SMILES string of the molecule is CCCCNC(=O)N1CCC(C(=O)N2CCCC(C)C2)CC1. The highest BCUT2D eigenvalue weighted by molar-refractivity contribution is 5.80. The lowest BCUT2D eigenvalue weighted by molar-refractivity contribution is -0.138. The summed E-state index contributed by atoms with van der Waals surface area (Å²) in [6.45, 7) is 8.33. The minimum atomic E-state index is 0.0333. The summed E-state index contributed by atoms with van der Waals surface area (Å²) in [5.74, 6) is 1.06. The van der Waals surface area contributed by atoms with Crippen molar-refractivity contribution in [2.45, 2.75) is 52.4 Å². The maximum Gasteiger partial charge on any atom is 0.317 e. The second-order valence-corrected chi connectivity index (χ2v) is 6.88. The van der Waals surface area contributed by atoms with Crippen LogP contribution in [0.25, 0.3) is 0 Å². The third kappa shape index (κ3) is 4.62. The zero-order valence-corrected chi connectivity index (χ0v) is 14.1. The van der Waals surface area contributed by atoms with Gasteiger partial charge < -0.3 is 15.1 Å². The molecular formula is C17H31N3O2. The highest BCUT2D eigenvalue weighted by Crippen LogP contribution is 2.23. The van der Waals surface area contributed by atoms with Crippen molar-refractivity contribution in [3.8, 4) is 0 Å². The van der Waals surface area contributed by atoms with E-state index in [0.29, 0.717) is 24.9 Å². The van der Waals surface area contributed by atoms with E-state index in [9.17, 15) is 9.59 Å². The standard InChI is InChI=1S/C17H31N3O2/c1-3-4-9-18-17(22)19-11-7-15(8-12-19)16(21)20-10-5-6-14(2)13-20/h14-15H,3-13H2,1-2H3,(H,18,22). The maximum absolute atomic E-state index is 12.6. The van der Waals surface area contributed by atoms with E-state index in [1.54, 1.807) is 0 Å². The quantitative estimate of drug-likeness (QED) is 0.811. The average molecular weight is 309 g/mol. The predicted molar refractivity (Wildman–Crippen MR) is 87.6 cm³/mol. The van der Waals surface area contributed by atoms with Gasteiger partial charge in [0.15, 0.2) is 0 Å². The Balaban J connectivity index is 1.74. The molecule has 2 aliphatic heterocycles. The summed E-state index contributed by atoms with van der Waals surface area (Å²) in [5, 5.41) is 2.96. The van der Waals surface area contributed by atoms with Crippen LogP contribution in [0.15, 0.2) is 0 Å². The number of likely N-dealkylation sites (tertiary alicyclic amines) is 2. The normalized spacial score (nSPS) is 23.5. The molecule has 1 N–H and O–H groups in total. The largest absolute Gasteiger partial charge is 0.342 e. The molecule has 0 spiro atoms. The first-order valence-electron chi connectivity index (χ1n) is 8.93. The summed E-state index contributed by atoms with van der Waals surface area (Å²) >= 11 is 0. The van der Waals surface area contributed by atoms with E-state index in [2.05, 4.69) is 24.1 Å². The van der Waals surface area contributed by atoms with Crippen molar-refractivity contribution in [2.75, 3.05) is 32.7 Å². The summed E-state index contributed by atoms with van der Waals surface area (Å²) in [7, 11) is 0. The second kappa shape index (κ2) is 8.39. The van der Waals surface area contributed by atoms with Gasteiger partial charge in [-0.1, -0.05) is 20.3 Å². The maximum atomic E-state index is 12.6. The molecule has 0 aromatic heterocycles. The zero-order chi connectivity index (χ0) is 15.9. The van der Waals surface area contributed by atoms with Gasteiger partial charge in [0.05, 0.1) is 0 Å². The molecule has 1 unspecified atom stereocenters. The van der Waals surface area contributed by atoms with Gasteiger partial charge in [0.2, 0.25) is 5.91 Å². The fourth-order valence-corrected chi connectivity index (χ4v) is 3.46. The van der Waals surface area contributed by atoms with Crippen molar-refractivity contribution in [1.29, 1.82) is 0 Å². The molecule has 2 aliphatic rings. The fourth-order valence-electron chi connectivity index (χ4n) is 3.46. The van der Waals surface area contributed by atoms with Gasteiger partial charge in [0.25, 0.3) is 0 Å². The van der Waals surface area contributed by atoms with Crippen LogP contribution in [0.2, 0.25) is 0 Å².